The summed E-state index contributed by atoms with van der Waals surface area (Å²) in [6.45, 7) is 10.5. The van der Waals surface area contributed by atoms with E-state index in [2.05, 4.69) is 28.9 Å². The Hall–Kier alpha value is -1.60. The Morgan fingerprint density at radius 3 is 2.43 bits per heavy atom. The molecule has 4 N–H and O–H groups in total. The van der Waals surface area contributed by atoms with E-state index in [0.29, 0.717) is 17.4 Å². The summed E-state index contributed by atoms with van der Waals surface area (Å²) in [5, 5.41) is 3.01. The minimum Gasteiger partial charge on any atom is -0.370 e. The van der Waals surface area contributed by atoms with E-state index >= 15 is 0 Å². The lowest BCUT2D eigenvalue weighted by Crippen LogP contribution is -2.40. The van der Waals surface area contributed by atoms with Gasteiger partial charge in [0, 0.05) is 12.1 Å². The maximum atomic E-state index is 12.5. The summed E-state index contributed by atoms with van der Waals surface area (Å²) in [5.74, 6) is 0.766. The molecular weight excluding hydrogens is 312 g/mol. The molecule has 0 heterocycles. The van der Waals surface area contributed by atoms with Crippen molar-refractivity contribution < 1.29 is 8.42 Å². The van der Waals surface area contributed by atoms with Crippen molar-refractivity contribution in [2.45, 2.75) is 51.6 Å². The van der Waals surface area contributed by atoms with Crippen LogP contribution in [0.4, 0.5) is 0 Å². The van der Waals surface area contributed by atoms with Crippen LogP contribution in [0.5, 0.6) is 0 Å². The van der Waals surface area contributed by atoms with Crippen molar-refractivity contribution >= 4 is 16.0 Å². The Morgan fingerprint density at radius 1 is 1.26 bits per heavy atom. The topological polar surface area (TPSA) is 96.6 Å². The van der Waals surface area contributed by atoms with Crippen LogP contribution in [0, 0.1) is 5.92 Å². The molecule has 0 amide bonds. The first-order valence-electron chi connectivity index (χ1n) is 7.67. The molecule has 0 fully saturated rings. The lowest BCUT2D eigenvalue weighted by molar-refractivity contribution is 0.491. The molecule has 0 unspecified atom stereocenters. The summed E-state index contributed by atoms with van der Waals surface area (Å²) in [6, 6.07) is 6.82. The lowest BCUT2D eigenvalue weighted by Gasteiger charge is -2.21. The summed E-state index contributed by atoms with van der Waals surface area (Å²) in [6.07, 6.45) is 0. The molecule has 130 valence electrons. The minimum absolute atomic E-state index is 0.207. The smallest absolute Gasteiger partial charge is 0.241 e. The van der Waals surface area contributed by atoms with Gasteiger partial charge in [0.05, 0.1) is 11.4 Å². The Labute approximate surface area is 139 Å². The number of nitrogens with two attached hydrogens (primary N) is 1. The fourth-order valence-corrected chi connectivity index (χ4v) is 3.54. The van der Waals surface area contributed by atoms with Crippen molar-refractivity contribution in [3.63, 3.8) is 0 Å². The Morgan fingerprint density at radius 2 is 1.87 bits per heavy atom. The first-order valence-corrected chi connectivity index (χ1v) is 9.15. The summed E-state index contributed by atoms with van der Waals surface area (Å²) in [7, 11) is -3.60. The molecule has 0 aromatic heterocycles. The molecule has 0 saturated carbocycles. The molecule has 0 aliphatic heterocycles. The van der Waals surface area contributed by atoms with Gasteiger partial charge in [-0.2, -0.15) is 0 Å². The first kappa shape index (κ1) is 19.4. The van der Waals surface area contributed by atoms with Crippen molar-refractivity contribution in [3.8, 4) is 0 Å². The SMILES string of the molecule is CC(C)CNC(N)=NCc1ccccc1S(=O)(=O)NC(C)(C)C. The van der Waals surface area contributed by atoms with Crippen LogP contribution in [0.15, 0.2) is 34.2 Å². The predicted molar refractivity (Wildman–Crippen MR) is 94.7 cm³/mol. The molecule has 0 aliphatic carbocycles. The zero-order valence-corrected chi connectivity index (χ0v) is 15.4. The van der Waals surface area contributed by atoms with E-state index in [0.717, 1.165) is 6.54 Å². The number of guanidine groups is 1. The maximum Gasteiger partial charge on any atom is 0.241 e. The van der Waals surface area contributed by atoms with E-state index < -0.39 is 15.6 Å². The predicted octanol–water partition coefficient (Wildman–Crippen LogP) is 1.82. The highest BCUT2D eigenvalue weighted by Gasteiger charge is 2.24. The molecule has 7 heteroatoms. The number of hydrogen-bond donors (Lipinski definition) is 3. The second-order valence-electron chi connectivity index (χ2n) is 6.94. The number of aliphatic imine (C=N–C) groups is 1. The largest absolute Gasteiger partial charge is 0.370 e. The molecule has 23 heavy (non-hydrogen) atoms. The Balaban J connectivity index is 2.96. The summed E-state index contributed by atoms with van der Waals surface area (Å²) >= 11 is 0. The van der Waals surface area contributed by atoms with Gasteiger partial charge in [-0.1, -0.05) is 32.0 Å². The molecule has 0 atom stereocenters. The highest BCUT2D eigenvalue weighted by molar-refractivity contribution is 7.89. The molecule has 1 aromatic rings. The number of nitrogens with one attached hydrogen (secondary N) is 2. The highest BCUT2D eigenvalue weighted by atomic mass is 32.2. The summed E-state index contributed by atoms with van der Waals surface area (Å²) in [5.41, 5.74) is 5.87. The van der Waals surface area contributed by atoms with Gasteiger partial charge in [0.1, 0.15) is 0 Å². The average molecular weight is 340 g/mol. The zero-order valence-electron chi connectivity index (χ0n) is 14.6. The quantitative estimate of drug-likeness (QED) is 0.543. The van der Waals surface area contributed by atoms with Crippen LogP contribution in [0.2, 0.25) is 0 Å². The normalized spacial score (nSPS) is 13.4. The van der Waals surface area contributed by atoms with Gasteiger partial charge in [-0.15, -0.1) is 0 Å². The van der Waals surface area contributed by atoms with Crippen LogP contribution in [0.3, 0.4) is 0 Å². The molecule has 0 saturated heterocycles. The first-order chi connectivity index (χ1) is 10.5. The highest BCUT2D eigenvalue weighted by Crippen LogP contribution is 2.18. The third-order valence-electron chi connectivity index (χ3n) is 2.81. The number of sulfonamides is 1. The van der Waals surface area contributed by atoms with E-state index in [1.807, 2.05) is 0 Å². The van der Waals surface area contributed by atoms with E-state index in [4.69, 9.17) is 5.73 Å². The second kappa shape index (κ2) is 7.79. The number of hydrogen-bond acceptors (Lipinski definition) is 3. The molecule has 1 rings (SSSR count). The fraction of sp³-hybridized carbons (Fsp3) is 0.562. The number of benzene rings is 1. The monoisotopic (exact) mass is 340 g/mol. The third kappa shape index (κ3) is 7.00. The van der Waals surface area contributed by atoms with Crippen molar-refractivity contribution in [1.29, 1.82) is 0 Å². The average Bonchev–Trinajstić information content (AvgIpc) is 2.40. The molecule has 0 spiro atoms. The van der Waals surface area contributed by atoms with Gasteiger partial charge in [0.15, 0.2) is 5.96 Å². The standard InChI is InChI=1S/C16H28N4O2S/c1-12(2)10-18-15(17)19-11-13-8-6-7-9-14(13)23(21,22)20-16(3,4)5/h6-9,12,20H,10-11H2,1-5H3,(H3,17,18,19). The molecule has 0 bridgehead atoms. The van der Waals surface area contributed by atoms with Gasteiger partial charge in [-0.3, -0.25) is 0 Å². The van der Waals surface area contributed by atoms with Gasteiger partial charge >= 0.3 is 0 Å². The zero-order chi connectivity index (χ0) is 17.7. The molecular formula is C16H28N4O2S. The van der Waals surface area contributed by atoms with Crippen LogP contribution < -0.4 is 15.8 Å². The van der Waals surface area contributed by atoms with Crippen LogP contribution in [0.25, 0.3) is 0 Å². The van der Waals surface area contributed by atoms with Crippen LogP contribution in [-0.2, 0) is 16.6 Å². The number of nitrogens with zero attached hydrogens (tertiary/aromatic N) is 1. The van der Waals surface area contributed by atoms with Gasteiger partial charge in [-0.25, -0.2) is 18.1 Å². The van der Waals surface area contributed by atoms with Crippen molar-refractivity contribution in [1.82, 2.24) is 10.0 Å². The second-order valence-corrected chi connectivity index (χ2v) is 8.59. The van der Waals surface area contributed by atoms with Crippen LogP contribution >= 0.6 is 0 Å². The Bertz CT molecular complexity index is 646. The van der Waals surface area contributed by atoms with E-state index in [9.17, 15) is 8.42 Å². The van der Waals surface area contributed by atoms with E-state index in [1.165, 1.54) is 0 Å². The van der Waals surface area contributed by atoms with Crippen molar-refractivity contribution in [3.05, 3.63) is 29.8 Å². The van der Waals surface area contributed by atoms with Gasteiger partial charge in [0.2, 0.25) is 10.0 Å². The van der Waals surface area contributed by atoms with Gasteiger partial charge < -0.3 is 11.1 Å². The third-order valence-corrected chi connectivity index (χ3v) is 4.67. The van der Waals surface area contributed by atoms with Gasteiger partial charge in [0.25, 0.3) is 0 Å². The number of rotatable bonds is 6. The summed E-state index contributed by atoms with van der Waals surface area (Å²) < 4.78 is 27.7. The maximum absolute atomic E-state index is 12.5. The molecule has 6 nitrogen and oxygen atoms in total. The van der Waals surface area contributed by atoms with E-state index in [-0.39, 0.29) is 11.4 Å². The van der Waals surface area contributed by atoms with Crippen molar-refractivity contribution in [2.24, 2.45) is 16.6 Å². The van der Waals surface area contributed by atoms with Crippen molar-refractivity contribution in [2.75, 3.05) is 6.54 Å². The molecule has 0 radical (unpaired) electrons. The van der Waals surface area contributed by atoms with Gasteiger partial charge in [-0.05, 0) is 38.3 Å². The minimum atomic E-state index is -3.60. The fourth-order valence-electron chi connectivity index (χ4n) is 1.89. The molecule has 0 aliphatic rings. The van der Waals surface area contributed by atoms with E-state index in [1.54, 1.807) is 45.0 Å². The summed E-state index contributed by atoms with van der Waals surface area (Å²) in [4.78, 5) is 4.46. The lowest BCUT2D eigenvalue weighted by atomic mass is 10.1. The van der Waals surface area contributed by atoms with Crippen LogP contribution in [-0.4, -0.2) is 26.5 Å². The molecule has 1 aromatic carbocycles. The van der Waals surface area contributed by atoms with Crippen LogP contribution in [0.1, 0.15) is 40.2 Å². The Kier molecular flexibility index (Phi) is 6.58.